The van der Waals surface area contributed by atoms with E-state index < -0.39 is 0 Å². The maximum atomic E-state index is 6.68. The van der Waals surface area contributed by atoms with Gasteiger partial charge in [0, 0.05) is 49.0 Å². The normalized spacial score (nSPS) is 11.9. The summed E-state index contributed by atoms with van der Waals surface area (Å²) < 4.78 is 15.5. The molecule has 4 aromatic heterocycles. The quantitative estimate of drug-likeness (QED) is 0.176. The van der Waals surface area contributed by atoms with Crippen molar-refractivity contribution in [3.8, 4) is 51.0 Å². The molecule has 12 aromatic rings. The summed E-state index contributed by atoms with van der Waals surface area (Å²) in [6.45, 7) is 0. The molecule has 57 heavy (non-hydrogen) atoms. The molecule has 8 aromatic carbocycles. The van der Waals surface area contributed by atoms with Crippen LogP contribution in [0.3, 0.4) is 0 Å². The Hall–Kier alpha value is -7.83. The molecule has 6 nitrogen and oxygen atoms in total. The highest BCUT2D eigenvalue weighted by Crippen LogP contribution is 2.42. The summed E-state index contributed by atoms with van der Waals surface area (Å²) in [7, 11) is 0. The monoisotopic (exact) mass is 730 g/mol. The van der Waals surface area contributed by atoms with E-state index in [2.05, 4.69) is 114 Å². The molecule has 0 bridgehead atoms. The second-order valence-electron chi connectivity index (χ2n) is 14.3. The maximum Gasteiger partial charge on any atom is 0.167 e. The van der Waals surface area contributed by atoms with Gasteiger partial charge < -0.3 is 13.4 Å². The van der Waals surface area contributed by atoms with Crippen LogP contribution in [0, 0.1) is 0 Å². The molecule has 0 atom stereocenters. The lowest BCUT2D eigenvalue weighted by atomic mass is 9.97. The van der Waals surface area contributed by atoms with Crippen molar-refractivity contribution in [2.75, 3.05) is 0 Å². The molecule has 0 aliphatic heterocycles. The van der Waals surface area contributed by atoms with Crippen molar-refractivity contribution in [2.45, 2.75) is 0 Å². The lowest BCUT2D eigenvalue weighted by Crippen LogP contribution is -2.00. The van der Waals surface area contributed by atoms with Crippen molar-refractivity contribution in [2.24, 2.45) is 0 Å². The molecule has 0 saturated heterocycles. The summed E-state index contributed by atoms with van der Waals surface area (Å²) in [5.41, 5.74) is 11.3. The molecule has 12 rings (SSSR count). The summed E-state index contributed by atoms with van der Waals surface area (Å²) in [5.74, 6) is 1.67. The smallest absolute Gasteiger partial charge is 0.167 e. The summed E-state index contributed by atoms with van der Waals surface area (Å²) in [5, 5.41) is 6.61. The number of para-hydroxylation sites is 5. The third kappa shape index (κ3) is 4.87. The molecular weight excluding hydrogens is 701 g/mol. The second-order valence-corrected chi connectivity index (χ2v) is 14.3. The van der Waals surface area contributed by atoms with Gasteiger partial charge in [-0.25, -0.2) is 15.0 Å². The van der Waals surface area contributed by atoms with Crippen LogP contribution in [-0.2, 0) is 0 Å². The number of hydrogen-bond acceptors (Lipinski definition) is 5. The summed E-state index contributed by atoms with van der Waals surface area (Å²) in [6, 6.07) is 62.7. The van der Waals surface area contributed by atoms with Crippen molar-refractivity contribution in [1.29, 1.82) is 0 Å². The van der Waals surface area contributed by atoms with E-state index >= 15 is 0 Å². The van der Waals surface area contributed by atoms with Crippen LogP contribution in [0.25, 0.3) is 117 Å². The van der Waals surface area contributed by atoms with Gasteiger partial charge in [0.25, 0.3) is 0 Å². The molecule has 0 aliphatic carbocycles. The Morgan fingerprint density at radius 3 is 1.77 bits per heavy atom. The SMILES string of the molecule is c1ccc(-c2nc(-c3ccc4c(c3)oc3cccc(-c5ccccc5-n5c6ccccc6c6ccccc65)c34)nc(-c3cccc4c3oc3ccccc34)n2)cc1. The van der Waals surface area contributed by atoms with Gasteiger partial charge in [-0.05, 0) is 54.1 Å². The first-order chi connectivity index (χ1) is 28.3. The van der Waals surface area contributed by atoms with Gasteiger partial charge in [0.1, 0.15) is 22.3 Å². The lowest BCUT2D eigenvalue weighted by Gasteiger charge is -2.14. The molecule has 0 radical (unpaired) electrons. The van der Waals surface area contributed by atoms with Crippen LogP contribution in [0.1, 0.15) is 0 Å². The predicted octanol–water partition coefficient (Wildman–Crippen LogP) is 13.4. The van der Waals surface area contributed by atoms with Crippen molar-refractivity contribution >= 4 is 65.7 Å². The fourth-order valence-corrected chi connectivity index (χ4v) is 8.53. The average molecular weight is 731 g/mol. The number of furan rings is 2. The largest absolute Gasteiger partial charge is 0.456 e. The van der Waals surface area contributed by atoms with Crippen LogP contribution in [0.4, 0.5) is 0 Å². The number of aromatic nitrogens is 4. The predicted molar refractivity (Wildman–Crippen MR) is 230 cm³/mol. The van der Waals surface area contributed by atoms with Gasteiger partial charge in [-0.1, -0.05) is 133 Å². The summed E-state index contributed by atoms with van der Waals surface area (Å²) >= 11 is 0. The van der Waals surface area contributed by atoms with E-state index in [-0.39, 0.29) is 0 Å². The molecule has 0 N–H and O–H groups in total. The number of hydrogen-bond donors (Lipinski definition) is 0. The van der Waals surface area contributed by atoms with Gasteiger partial charge >= 0.3 is 0 Å². The van der Waals surface area contributed by atoms with Gasteiger partial charge in [-0.15, -0.1) is 0 Å². The Labute approximate surface area is 325 Å². The minimum absolute atomic E-state index is 0.539. The molecule has 0 fully saturated rings. The third-order valence-corrected chi connectivity index (χ3v) is 11.1. The van der Waals surface area contributed by atoms with Gasteiger partial charge in [-0.3, -0.25) is 0 Å². The van der Waals surface area contributed by atoms with Crippen molar-refractivity contribution in [3.05, 3.63) is 182 Å². The van der Waals surface area contributed by atoms with E-state index in [4.69, 9.17) is 23.8 Å². The molecule has 266 valence electrons. The highest BCUT2D eigenvalue weighted by atomic mass is 16.3. The first-order valence-corrected chi connectivity index (χ1v) is 19.0. The Balaban J connectivity index is 1.04. The van der Waals surface area contributed by atoms with Crippen LogP contribution < -0.4 is 0 Å². The molecule has 6 heteroatoms. The number of fused-ring (bicyclic) bond motifs is 9. The summed E-state index contributed by atoms with van der Waals surface area (Å²) in [4.78, 5) is 15.2. The molecule has 0 saturated carbocycles. The Bertz CT molecular complexity index is 3490. The zero-order valence-corrected chi connectivity index (χ0v) is 30.4. The van der Waals surface area contributed by atoms with Gasteiger partial charge in [-0.2, -0.15) is 0 Å². The zero-order valence-electron chi connectivity index (χ0n) is 30.4. The van der Waals surface area contributed by atoms with E-state index in [0.29, 0.717) is 17.5 Å². The van der Waals surface area contributed by atoms with Crippen LogP contribution >= 0.6 is 0 Å². The molecule has 0 unspecified atom stereocenters. The molecular formula is C51H30N4O2. The van der Waals surface area contributed by atoms with E-state index in [9.17, 15) is 0 Å². The molecule has 4 heterocycles. The second kappa shape index (κ2) is 12.3. The van der Waals surface area contributed by atoms with E-state index in [1.807, 2.05) is 72.8 Å². The van der Waals surface area contributed by atoms with Crippen molar-refractivity contribution < 1.29 is 8.83 Å². The fourth-order valence-electron chi connectivity index (χ4n) is 8.53. The van der Waals surface area contributed by atoms with E-state index in [0.717, 1.165) is 77.4 Å². The first-order valence-electron chi connectivity index (χ1n) is 19.0. The minimum atomic E-state index is 0.539. The van der Waals surface area contributed by atoms with Gasteiger partial charge in [0.15, 0.2) is 17.5 Å². The molecule has 0 amide bonds. The van der Waals surface area contributed by atoms with Crippen LogP contribution in [-0.4, -0.2) is 19.5 Å². The Morgan fingerprint density at radius 1 is 0.351 bits per heavy atom. The Kier molecular flexibility index (Phi) is 6.83. The fraction of sp³-hybridized carbons (Fsp3) is 0. The van der Waals surface area contributed by atoms with Crippen LogP contribution in [0.5, 0.6) is 0 Å². The van der Waals surface area contributed by atoms with Gasteiger partial charge in [0.2, 0.25) is 0 Å². The Morgan fingerprint density at radius 2 is 0.947 bits per heavy atom. The average Bonchev–Trinajstić information content (AvgIpc) is 3.96. The maximum absolute atomic E-state index is 6.68. The third-order valence-electron chi connectivity index (χ3n) is 11.1. The van der Waals surface area contributed by atoms with Crippen LogP contribution in [0.15, 0.2) is 191 Å². The van der Waals surface area contributed by atoms with Crippen molar-refractivity contribution in [1.82, 2.24) is 19.5 Å². The summed E-state index contributed by atoms with van der Waals surface area (Å²) in [6.07, 6.45) is 0. The topological polar surface area (TPSA) is 69.9 Å². The highest BCUT2D eigenvalue weighted by molar-refractivity contribution is 6.15. The molecule has 0 spiro atoms. The molecule has 0 aliphatic rings. The lowest BCUT2D eigenvalue weighted by molar-refractivity contribution is 0.668. The number of nitrogens with zero attached hydrogens (tertiary/aromatic N) is 4. The van der Waals surface area contributed by atoms with Gasteiger partial charge in [0.05, 0.1) is 22.3 Å². The highest BCUT2D eigenvalue weighted by Gasteiger charge is 2.21. The van der Waals surface area contributed by atoms with Crippen LogP contribution in [0.2, 0.25) is 0 Å². The van der Waals surface area contributed by atoms with E-state index in [1.54, 1.807) is 0 Å². The first kappa shape index (κ1) is 31.5. The number of rotatable bonds is 5. The minimum Gasteiger partial charge on any atom is -0.456 e. The van der Waals surface area contributed by atoms with E-state index in [1.165, 1.54) is 21.8 Å². The number of benzene rings is 8. The zero-order chi connectivity index (χ0) is 37.5. The standard InChI is InChI=1S/C51H30N4O2/c1-2-14-31(15-3-1)49-52-50(54-51(53-49)40-22-12-21-38-36-19-7-11-26-44(36)57-48(38)40)32-28-29-39-46(30-32)56-45-27-13-20-37(47(39)45)35-18-6-10-25-43(35)55-41-23-8-4-16-33(41)34-17-5-9-24-42(34)55/h1-30H. The van der Waals surface area contributed by atoms with Crippen molar-refractivity contribution in [3.63, 3.8) is 0 Å².